The van der Waals surface area contributed by atoms with Crippen LogP contribution in [0.1, 0.15) is 29.5 Å². The number of aromatic nitrogens is 4. The molecule has 2 heterocycles. The molecule has 2 aromatic heterocycles. The quantitative estimate of drug-likeness (QED) is 0.459. The Morgan fingerprint density at radius 1 is 0.914 bits per heavy atom. The van der Waals surface area contributed by atoms with Crippen molar-refractivity contribution in [1.29, 1.82) is 0 Å². The zero-order chi connectivity index (χ0) is 26.4. The summed E-state index contributed by atoms with van der Waals surface area (Å²) >= 11 is 17.0. The van der Waals surface area contributed by atoms with E-state index >= 15 is 0 Å². The fourth-order valence-corrected chi connectivity index (χ4v) is 4.51. The van der Waals surface area contributed by atoms with Gasteiger partial charge in [0.2, 0.25) is 11.8 Å². The van der Waals surface area contributed by atoms with Crippen molar-refractivity contribution in [3.63, 3.8) is 0 Å². The summed E-state index contributed by atoms with van der Waals surface area (Å²) in [5, 5.41) is 22.3. The monoisotopic (exact) mass is 540 g/mol. The van der Waals surface area contributed by atoms with Crippen LogP contribution in [-0.2, 0) is 28.2 Å². The Bertz CT molecular complexity index is 1490. The molecule has 0 aliphatic heterocycles. The van der Waals surface area contributed by atoms with E-state index in [1.165, 1.54) is 56.6 Å². The average molecular weight is 541 g/mol. The van der Waals surface area contributed by atoms with Crippen LogP contribution in [0.25, 0.3) is 0 Å². The van der Waals surface area contributed by atoms with Gasteiger partial charge in [-0.2, -0.15) is 0 Å². The number of rotatable bonds is 6. The highest BCUT2D eigenvalue weighted by atomic mass is 35.5. The second-order valence-corrected chi connectivity index (χ2v) is 8.92. The predicted octanol–water partition coefficient (Wildman–Crippen LogP) is 2.87. The largest absolute Gasteiger partial charge is 0.494 e. The lowest BCUT2D eigenvalue weighted by Gasteiger charge is -2.24. The molecule has 0 saturated carbocycles. The zero-order valence-corrected chi connectivity index (χ0v) is 22.3. The number of methoxy groups -OCH3 is 1. The van der Waals surface area contributed by atoms with E-state index in [0.717, 1.165) is 9.13 Å². The molecule has 3 aromatic rings. The molecule has 0 aliphatic carbocycles. The molecule has 1 aromatic carbocycles. The molecule has 35 heavy (non-hydrogen) atoms. The Balaban J connectivity index is 2.60. The van der Waals surface area contributed by atoms with Crippen molar-refractivity contribution in [2.45, 2.75) is 12.8 Å². The molecule has 0 atom stereocenters. The number of ether oxygens (including phenoxy) is 2. The van der Waals surface area contributed by atoms with Gasteiger partial charge in [0.15, 0.2) is 21.0 Å². The highest BCUT2D eigenvalue weighted by molar-refractivity contribution is 7.71. The van der Waals surface area contributed by atoms with Gasteiger partial charge in [-0.1, -0.05) is 11.6 Å². The van der Waals surface area contributed by atoms with Gasteiger partial charge in [0, 0.05) is 28.2 Å². The molecule has 0 saturated heterocycles. The molecule has 0 spiro atoms. The third kappa shape index (κ3) is 4.26. The minimum Gasteiger partial charge on any atom is -0.494 e. The van der Waals surface area contributed by atoms with Crippen molar-refractivity contribution < 1.29 is 19.7 Å². The van der Waals surface area contributed by atoms with Crippen LogP contribution in [0.15, 0.2) is 21.7 Å². The molecule has 0 aliphatic rings. The van der Waals surface area contributed by atoms with Crippen LogP contribution in [0.3, 0.4) is 0 Å². The summed E-state index contributed by atoms with van der Waals surface area (Å²) < 4.78 is 15.9. The first-order chi connectivity index (χ1) is 16.4. The van der Waals surface area contributed by atoms with Gasteiger partial charge in [-0.25, -0.2) is 0 Å². The van der Waals surface area contributed by atoms with Gasteiger partial charge in [0.25, 0.3) is 11.1 Å². The summed E-state index contributed by atoms with van der Waals surface area (Å²) in [6.07, 6.45) is 0. The van der Waals surface area contributed by atoms with E-state index in [2.05, 4.69) is 0 Å². The fourth-order valence-electron chi connectivity index (χ4n) is 3.89. The van der Waals surface area contributed by atoms with Crippen molar-refractivity contribution >= 4 is 36.0 Å². The molecule has 0 amide bonds. The zero-order valence-electron chi connectivity index (χ0n) is 19.9. The molecule has 3 rings (SSSR count). The predicted molar refractivity (Wildman–Crippen MR) is 136 cm³/mol. The van der Waals surface area contributed by atoms with Crippen LogP contribution in [0.2, 0.25) is 5.02 Å². The van der Waals surface area contributed by atoms with Gasteiger partial charge in [-0.3, -0.25) is 27.9 Å². The van der Waals surface area contributed by atoms with Crippen molar-refractivity contribution in [3.8, 4) is 23.3 Å². The topological polar surface area (TPSA) is 113 Å². The Morgan fingerprint density at radius 2 is 1.37 bits per heavy atom. The average Bonchev–Trinajstić information content (AvgIpc) is 2.84. The van der Waals surface area contributed by atoms with Crippen molar-refractivity contribution in [3.05, 3.63) is 64.1 Å². The molecule has 0 fully saturated rings. The van der Waals surface area contributed by atoms with Gasteiger partial charge in [0.05, 0.1) is 35.8 Å². The van der Waals surface area contributed by atoms with Gasteiger partial charge in [-0.05, 0) is 49.1 Å². The lowest BCUT2D eigenvalue weighted by Crippen LogP contribution is -2.33. The molecule has 13 heteroatoms. The van der Waals surface area contributed by atoms with Gasteiger partial charge >= 0.3 is 0 Å². The summed E-state index contributed by atoms with van der Waals surface area (Å²) in [5.74, 6) is -1.72. The van der Waals surface area contributed by atoms with E-state index in [4.69, 9.17) is 45.5 Å². The first-order valence-corrected chi connectivity index (χ1v) is 11.6. The second-order valence-electron chi connectivity index (χ2n) is 7.79. The van der Waals surface area contributed by atoms with E-state index in [-0.39, 0.29) is 42.8 Å². The fraction of sp³-hybridized carbons (Fsp3) is 0.364. The SMILES string of the molecule is CCOc1c(Cl)cc(C(c2c(O)n(C)c(=S)n(C)c2=O)c2c(O)n(C)c(=S)n(C)c2=O)cc1OC. The maximum Gasteiger partial charge on any atom is 0.262 e. The molecule has 0 bridgehead atoms. The Hall–Kier alpha value is -3.09. The van der Waals surface area contributed by atoms with Crippen LogP contribution < -0.4 is 20.6 Å². The molecule has 2 N–H and O–H groups in total. The maximum absolute atomic E-state index is 13.4. The molecule has 0 unspecified atom stereocenters. The highest BCUT2D eigenvalue weighted by Gasteiger charge is 2.33. The van der Waals surface area contributed by atoms with Crippen LogP contribution in [0, 0.1) is 9.54 Å². The summed E-state index contributed by atoms with van der Waals surface area (Å²) in [6.45, 7) is 2.09. The summed E-state index contributed by atoms with van der Waals surface area (Å²) in [5.41, 5.74) is -1.44. The van der Waals surface area contributed by atoms with Crippen LogP contribution in [0.4, 0.5) is 0 Å². The summed E-state index contributed by atoms with van der Waals surface area (Å²) in [4.78, 5) is 26.9. The summed E-state index contributed by atoms with van der Waals surface area (Å²) in [6, 6.07) is 3.02. The number of benzene rings is 1. The molecule has 10 nitrogen and oxygen atoms in total. The molecular weight excluding hydrogens is 516 g/mol. The van der Waals surface area contributed by atoms with Crippen LogP contribution in [-0.4, -0.2) is 42.2 Å². The maximum atomic E-state index is 13.4. The Morgan fingerprint density at radius 3 is 1.77 bits per heavy atom. The van der Waals surface area contributed by atoms with E-state index in [1.54, 1.807) is 6.92 Å². The highest BCUT2D eigenvalue weighted by Crippen LogP contribution is 2.43. The lowest BCUT2D eigenvalue weighted by molar-refractivity contribution is 0.311. The minimum atomic E-state index is -1.28. The van der Waals surface area contributed by atoms with Gasteiger partial charge in [0.1, 0.15) is 0 Å². The van der Waals surface area contributed by atoms with Crippen molar-refractivity contribution in [2.24, 2.45) is 28.2 Å². The number of hydrogen-bond donors (Lipinski definition) is 2. The number of hydrogen-bond acceptors (Lipinski definition) is 8. The Labute approximate surface area is 215 Å². The van der Waals surface area contributed by atoms with Gasteiger partial charge < -0.3 is 19.7 Å². The minimum absolute atomic E-state index is 0.0564. The van der Waals surface area contributed by atoms with Crippen LogP contribution >= 0.6 is 36.0 Å². The number of aromatic hydroxyl groups is 2. The van der Waals surface area contributed by atoms with Crippen molar-refractivity contribution in [1.82, 2.24) is 18.3 Å². The van der Waals surface area contributed by atoms with Crippen LogP contribution in [0.5, 0.6) is 23.3 Å². The lowest BCUT2D eigenvalue weighted by atomic mass is 9.86. The first-order valence-electron chi connectivity index (χ1n) is 10.4. The number of halogens is 1. The van der Waals surface area contributed by atoms with E-state index in [1.807, 2.05) is 0 Å². The first kappa shape index (κ1) is 26.5. The third-order valence-electron chi connectivity index (χ3n) is 5.79. The van der Waals surface area contributed by atoms with Crippen molar-refractivity contribution in [2.75, 3.05) is 13.7 Å². The van der Waals surface area contributed by atoms with E-state index in [0.29, 0.717) is 6.61 Å². The van der Waals surface area contributed by atoms with E-state index in [9.17, 15) is 19.8 Å². The van der Waals surface area contributed by atoms with Gasteiger partial charge in [-0.15, -0.1) is 0 Å². The Kier molecular flexibility index (Phi) is 7.48. The molecule has 0 radical (unpaired) electrons. The summed E-state index contributed by atoms with van der Waals surface area (Å²) in [7, 11) is 7.26. The second kappa shape index (κ2) is 9.88. The standard InChI is InChI=1S/C22H25ClN4O6S2/c1-7-33-16-11(23)8-10(9-12(16)32-6)13(14-17(28)24(2)21(34)25(3)18(14)29)15-19(30)26(4)22(35)27(5)20(15)31/h8-9,13,28,30H,7H2,1-6H3. The third-order valence-corrected chi connectivity index (χ3v) is 7.16. The number of nitrogens with zero attached hydrogens (tertiary/aromatic N) is 4. The normalized spacial score (nSPS) is 11.2. The smallest absolute Gasteiger partial charge is 0.262 e. The van der Waals surface area contributed by atoms with E-state index < -0.39 is 28.8 Å². The molecular formula is C22H25ClN4O6S2. The molecule has 188 valence electrons.